The van der Waals surface area contributed by atoms with Gasteiger partial charge in [0.1, 0.15) is 24.3 Å². The quantitative estimate of drug-likeness (QED) is 0.365. The molecule has 8 heteroatoms. The van der Waals surface area contributed by atoms with E-state index < -0.39 is 11.9 Å². The third-order valence-electron chi connectivity index (χ3n) is 7.84. The molecule has 0 saturated carbocycles. The van der Waals surface area contributed by atoms with Gasteiger partial charge in [-0.2, -0.15) is 0 Å². The first-order valence-corrected chi connectivity index (χ1v) is 13.8. The fourth-order valence-electron chi connectivity index (χ4n) is 5.62. The summed E-state index contributed by atoms with van der Waals surface area (Å²) >= 11 is 5.86. The van der Waals surface area contributed by atoms with E-state index in [0.717, 1.165) is 56.5 Å². The number of aliphatic hydroxyl groups excluding tert-OH is 1. The molecule has 3 N–H and O–H groups in total. The Balaban J connectivity index is 1.33. The highest BCUT2D eigenvalue weighted by Gasteiger charge is 2.41. The molecule has 2 heterocycles. The van der Waals surface area contributed by atoms with Gasteiger partial charge in [0.2, 0.25) is 0 Å². The summed E-state index contributed by atoms with van der Waals surface area (Å²) in [6, 6.07) is 9.20. The highest BCUT2D eigenvalue weighted by atomic mass is 35.5. The van der Waals surface area contributed by atoms with Gasteiger partial charge in [-0.1, -0.05) is 24.6 Å². The van der Waals surface area contributed by atoms with E-state index in [9.17, 15) is 14.3 Å². The number of piperidine rings is 1. The molecule has 2 aliphatic rings. The van der Waals surface area contributed by atoms with Crippen molar-refractivity contribution >= 4 is 17.5 Å². The van der Waals surface area contributed by atoms with Crippen LogP contribution in [0.4, 0.5) is 4.39 Å². The van der Waals surface area contributed by atoms with E-state index in [1.54, 1.807) is 0 Å². The zero-order valence-electron chi connectivity index (χ0n) is 22.0. The first-order chi connectivity index (χ1) is 17.8. The Morgan fingerprint density at radius 2 is 1.92 bits per heavy atom. The molecular weight excluding hydrogens is 493 g/mol. The molecular formula is C29H39ClFN3O3. The zero-order valence-corrected chi connectivity index (χ0v) is 22.8. The van der Waals surface area contributed by atoms with Gasteiger partial charge in [-0.15, -0.1) is 0 Å². The first-order valence-electron chi connectivity index (χ1n) is 13.4. The maximum Gasteiger partial charge on any atom is 0.251 e. The van der Waals surface area contributed by atoms with Crippen molar-refractivity contribution in [3.8, 4) is 5.75 Å². The summed E-state index contributed by atoms with van der Waals surface area (Å²) in [5, 5.41) is 16.5. The predicted octanol–water partition coefficient (Wildman–Crippen LogP) is 4.76. The summed E-state index contributed by atoms with van der Waals surface area (Å²) in [6.45, 7) is 8.87. The van der Waals surface area contributed by atoms with Crippen molar-refractivity contribution in [3.05, 3.63) is 63.4 Å². The number of halogens is 2. The van der Waals surface area contributed by atoms with Crippen molar-refractivity contribution in [1.29, 1.82) is 0 Å². The number of benzene rings is 2. The van der Waals surface area contributed by atoms with Crippen LogP contribution in [0.25, 0.3) is 0 Å². The van der Waals surface area contributed by atoms with Gasteiger partial charge in [-0.25, -0.2) is 4.39 Å². The van der Waals surface area contributed by atoms with Gasteiger partial charge in [0, 0.05) is 36.8 Å². The van der Waals surface area contributed by atoms with E-state index in [4.69, 9.17) is 16.3 Å². The van der Waals surface area contributed by atoms with Gasteiger partial charge >= 0.3 is 0 Å². The van der Waals surface area contributed by atoms with Crippen molar-refractivity contribution in [2.45, 2.75) is 83.6 Å². The standard InChI is InChI=1S/C29H39ClFN3O3/c1-4-11-32-15-25(35)17-37-28-10-6-21(18(2)19(28)3)16-34-23-7-8-24(34)14-22(13-23)33-29(36)20-5-9-27(31)26(30)12-20/h5-6,9-10,12,22-25,32,35H,4,7-8,11,13-17H2,1-3H3,(H,33,36)/t22?,23?,24?,25-/m0/s1. The van der Waals surface area contributed by atoms with Crippen LogP contribution < -0.4 is 15.4 Å². The summed E-state index contributed by atoms with van der Waals surface area (Å²) in [4.78, 5) is 15.3. The van der Waals surface area contributed by atoms with Crippen LogP contribution in [0.3, 0.4) is 0 Å². The minimum Gasteiger partial charge on any atom is -0.491 e. The maximum absolute atomic E-state index is 13.5. The van der Waals surface area contributed by atoms with Crippen LogP contribution in [0.5, 0.6) is 5.75 Å². The van der Waals surface area contributed by atoms with Crippen LogP contribution in [0.1, 0.15) is 66.1 Å². The van der Waals surface area contributed by atoms with Crippen LogP contribution in [0.15, 0.2) is 30.3 Å². The number of carbonyl (C=O) groups excluding carboxylic acids is 1. The molecule has 2 aromatic carbocycles. The lowest BCUT2D eigenvalue weighted by Crippen LogP contribution is -2.50. The van der Waals surface area contributed by atoms with Crippen molar-refractivity contribution in [3.63, 3.8) is 0 Å². The number of amides is 1. The molecule has 0 aromatic heterocycles. The van der Waals surface area contributed by atoms with E-state index in [-0.39, 0.29) is 23.6 Å². The number of nitrogens with zero attached hydrogens (tertiary/aromatic N) is 1. The fraction of sp³-hybridized carbons (Fsp3) is 0.552. The van der Waals surface area contributed by atoms with Crippen LogP contribution in [-0.4, -0.2) is 59.8 Å². The molecule has 0 spiro atoms. The number of hydrogen-bond acceptors (Lipinski definition) is 5. The number of aliphatic hydroxyl groups is 1. The van der Waals surface area contributed by atoms with E-state index in [1.807, 2.05) is 6.07 Å². The molecule has 202 valence electrons. The Kier molecular flexibility index (Phi) is 9.46. The van der Waals surface area contributed by atoms with E-state index in [2.05, 4.69) is 42.4 Å². The number of carbonyl (C=O) groups is 1. The molecule has 1 amide bonds. The Bertz CT molecular complexity index is 1080. The largest absolute Gasteiger partial charge is 0.491 e. The normalized spacial score (nSPS) is 22.2. The SMILES string of the molecule is CCCNC[C@H](O)COc1ccc(CN2C3CCC2CC(NC(=O)c2ccc(F)c(Cl)c2)C3)c(C)c1C. The van der Waals surface area contributed by atoms with Crippen LogP contribution >= 0.6 is 11.6 Å². The molecule has 2 unspecified atom stereocenters. The van der Waals surface area contributed by atoms with Crippen LogP contribution in [0.2, 0.25) is 5.02 Å². The average Bonchev–Trinajstić information content (AvgIpc) is 3.10. The Hall–Kier alpha value is -2.19. The lowest BCUT2D eigenvalue weighted by atomic mass is 9.94. The number of rotatable bonds is 11. The number of hydrogen-bond donors (Lipinski definition) is 3. The third kappa shape index (κ3) is 6.82. The molecule has 3 atom stereocenters. The molecule has 37 heavy (non-hydrogen) atoms. The lowest BCUT2D eigenvalue weighted by molar-refractivity contribution is 0.0827. The van der Waals surface area contributed by atoms with Crippen LogP contribution in [-0.2, 0) is 6.54 Å². The van der Waals surface area contributed by atoms with E-state index in [1.165, 1.54) is 29.3 Å². The van der Waals surface area contributed by atoms with E-state index in [0.29, 0.717) is 24.2 Å². The molecule has 2 bridgehead atoms. The monoisotopic (exact) mass is 531 g/mol. The number of nitrogens with one attached hydrogen (secondary N) is 2. The Morgan fingerprint density at radius 1 is 1.19 bits per heavy atom. The number of ether oxygens (including phenoxy) is 1. The summed E-state index contributed by atoms with van der Waals surface area (Å²) in [5.74, 6) is 0.0983. The van der Waals surface area contributed by atoms with Crippen molar-refractivity contribution in [2.24, 2.45) is 0 Å². The summed E-state index contributed by atoms with van der Waals surface area (Å²) in [7, 11) is 0. The van der Waals surface area contributed by atoms with E-state index >= 15 is 0 Å². The summed E-state index contributed by atoms with van der Waals surface area (Å²) in [6.07, 6.45) is 4.56. The van der Waals surface area contributed by atoms with Gasteiger partial charge in [-0.3, -0.25) is 9.69 Å². The molecule has 2 aromatic rings. The summed E-state index contributed by atoms with van der Waals surface area (Å²) < 4.78 is 19.4. The van der Waals surface area contributed by atoms with Crippen molar-refractivity contribution in [2.75, 3.05) is 19.7 Å². The Labute approximate surface area is 224 Å². The molecule has 0 aliphatic carbocycles. The smallest absolute Gasteiger partial charge is 0.251 e. The topological polar surface area (TPSA) is 73.8 Å². The molecule has 2 aliphatic heterocycles. The van der Waals surface area contributed by atoms with Crippen LogP contribution in [0, 0.1) is 19.7 Å². The molecule has 0 radical (unpaired) electrons. The van der Waals surface area contributed by atoms with Gasteiger partial charge in [-0.05, 0) is 93.5 Å². The van der Waals surface area contributed by atoms with Crippen molar-refractivity contribution < 1.29 is 19.0 Å². The molecule has 6 nitrogen and oxygen atoms in total. The van der Waals surface area contributed by atoms with Gasteiger partial charge in [0.05, 0.1) is 5.02 Å². The highest BCUT2D eigenvalue weighted by molar-refractivity contribution is 6.31. The third-order valence-corrected chi connectivity index (χ3v) is 8.13. The second-order valence-corrected chi connectivity index (χ2v) is 10.9. The second kappa shape index (κ2) is 12.6. The van der Waals surface area contributed by atoms with Crippen molar-refractivity contribution in [1.82, 2.24) is 15.5 Å². The number of fused-ring (bicyclic) bond motifs is 2. The van der Waals surface area contributed by atoms with Gasteiger partial charge < -0.3 is 20.5 Å². The van der Waals surface area contributed by atoms with Gasteiger partial charge in [0.15, 0.2) is 0 Å². The average molecular weight is 532 g/mol. The molecule has 2 fully saturated rings. The fourth-order valence-corrected chi connectivity index (χ4v) is 5.80. The Morgan fingerprint density at radius 3 is 2.59 bits per heavy atom. The minimum absolute atomic E-state index is 0.0372. The zero-order chi connectivity index (χ0) is 26.5. The second-order valence-electron chi connectivity index (χ2n) is 10.5. The minimum atomic E-state index is -0.539. The highest BCUT2D eigenvalue weighted by Crippen LogP contribution is 2.38. The molecule has 4 rings (SSSR count). The summed E-state index contributed by atoms with van der Waals surface area (Å²) in [5.41, 5.74) is 4.01. The van der Waals surface area contributed by atoms with Gasteiger partial charge in [0.25, 0.3) is 5.91 Å². The maximum atomic E-state index is 13.5. The molecule has 2 saturated heterocycles. The predicted molar refractivity (Wildman–Crippen MR) is 145 cm³/mol. The lowest BCUT2D eigenvalue weighted by Gasteiger charge is -2.39. The first kappa shape index (κ1) is 27.8.